The molecule has 0 heterocycles. The minimum absolute atomic E-state index is 0.0585. The highest BCUT2D eigenvalue weighted by atomic mass is 16.5. The van der Waals surface area contributed by atoms with Gasteiger partial charge >= 0.3 is 0 Å². The predicted octanol–water partition coefficient (Wildman–Crippen LogP) is 3.97. The Morgan fingerprint density at radius 2 is 1.71 bits per heavy atom. The maximum atomic E-state index is 13.2. The van der Waals surface area contributed by atoms with Crippen LogP contribution in [0.2, 0.25) is 0 Å². The highest BCUT2D eigenvalue weighted by Crippen LogP contribution is 2.28. The number of ether oxygens (including phenoxy) is 2. The number of nitrogens with zero attached hydrogens (tertiary/aromatic N) is 1. The number of unbranched alkanes of at least 4 members (excludes halogenated alkanes) is 1. The van der Waals surface area contributed by atoms with Crippen molar-refractivity contribution in [1.29, 1.82) is 0 Å². The van der Waals surface area contributed by atoms with Crippen LogP contribution in [0.1, 0.15) is 44.2 Å². The number of methoxy groups -OCH3 is 2. The number of benzene rings is 2. The molecule has 1 atom stereocenters. The fourth-order valence-corrected chi connectivity index (χ4v) is 3.33. The molecule has 1 N–H and O–H groups in total. The third kappa shape index (κ3) is 7.31. The summed E-state index contributed by atoms with van der Waals surface area (Å²) < 4.78 is 10.6. The van der Waals surface area contributed by atoms with Gasteiger partial charge in [-0.05, 0) is 43.0 Å². The molecule has 0 unspecified atom stereocenters. The summed E-state index contributed by atoms with van der Waals surface area (Å²) in [5, 5.41) is 2.94. The molecule has 0 bridgehead atoms. The number of aryl methyl sites for hydroxylation is 1. The van der Waals surface area contributed by atoms with Crippen LogP contribution in [0, 0.1) is 0 Å². The second-order valence-electron chi connectivity index (χ2n) is 7.52. The van der Waals surface area contributed by atoms with Gasteiger partial charge in [0.2, 0.25) is 11.8 Å². The van der Waals surface area contributed by atoms with Crippen molar-refractivity contribution in [3.63, 3.8) is 0 Å². The maximum Gasteiger partial charge on any atom is 0.242 e. The van der Waals surface area contributed by atoms with Crippen molar-refractivity contribution >= 4 is 11.8 Å². The largest absolute Gasteiger partial charge is 0.493 e. The molecule has 2 aromatic carbocycles. The highest BCUT2D eigenvalue weighted by molar-refractivity contribution is 5.87. The molecule has 168 valence electrons. The zero-order valence-electron chi connectivity index (χ0n) is 19.0. The van der Waals surface area contributed by atoms with Crippen molar-refractivity contribution in [2.45, 2.75) is 52.1 Å². The van der Waals surface area contributed by atoms with E-state index in [-0.39, 0.29) is 11.8 Å². The lowest BCUT2D eigenvalue weighted by molar-refractivity contribution is -0.140. The summed E-state index contributed by atoms with van der Waals surface area (Å²) in [4.78, 5) is 27.5. The first-order chi connectivity index (χ1) is 15.0. The lowest BCUT2D eigenvalue weighted by atomic mass is 10.1. The first-order valence-electron chi connectivity index (χ1n) is 10.8. The van der Waals surface area contributed by atoms with Gasteiger partial charge in [-0.2, -0.15) is 0 Å². The van der Waals surface area contributed by atoms with Crippen molar-refractivity contribution in [2.24, 2.45) is 0 Å². The summed E-state index contributed by atoms with van der Waals surface area (Å²) in [6.07, 6.45) is 2.78. The van der Waals surface area contributed by atoms with Crippen molar-refractivity contribution < 1.29 is 19.1 Å². The van der Waals surface area contributed by atoms with Crippen molar-refractivity contribution in [1.82, 2.24) is 10.2 Å². The van der Waals surface area contributed by atoms with Crippen molar-refractivity contribution in [3.8, 4) is 11.5 Å². The number of nitrogens with one attached hydrogen (secondary N) is 1. The lowest BCUT2D eigenvalue weighted by Crippen LogP contribution is -2.47. The van der Waals surface area contributed by atoms with E-state index in [1.807, 2.05) is 48.5 Å². The van der Waals surface area contributed by atoms with Gasteiger partial charge in [0, 0.05) is 19.5 Å². The maximum absolute atomic E-state index is 13.2. The number of rotatable bonds is 12. The molecule has 0 fully saturated rings. The van der Waals surface area contributed by atoms with Gasteiger partial charge < -0.3 is 19.7 Å². The third-order valence-electron chi connectivity index (χ3n) is 5.27. The molecule has 0 aromatic heterocycles. The van der Waals surface area contributed by atoms with Crippen molar-refractivity contribution in [3.05, 3.63) is 59.7 Å². The SMILES string of the molecule is CCCCNC(=O)[C@@H](C)N(Cc1ccccc1)C(=O)CCc1ccc(OC)c(OC)c1. The Morgan fingerprint density at radius 3 is 2.35 bits per heavy atom. The van der Waals surface area contributed by atoms with E-state index >= 15 is 0 Å². The first-order valence-corrected chi connectivity index (χ1v) is 10.8. The molecule has 2 amide bonds. The van der Waals surface area contributed by atoms with Crippen LogP contribution in [0.4, 0.5) is 0 Å². The molecule has 31 heavy (non-hydrogen) atoms. The molecule has 0 saturated heterocycles. The van der Waals surface area contributed by atoms with Gasteiger partial charge in [0.05, 0.1) is 14.2 Å². The Balaban J connectivity index is 2.10. The van der Waals surface area contributed by atoms with Gasteiger partial charge in [0.1, 0.15) is 6.04 Å². The Morgan fingerprint density at radius 1 is 1.00 bits per heavy atom. The molecule has 0 radical (unpaired) electrons. The van der Waals surface area contributed by atoms with E-state index in [1.165, 1.54) is 0 Å². The molecule has 0 aliphatic heterocycles. The van der Waals surface area contributed by atoms with Crippen LogP contribution >= 0.6 is 0 Å². The van der Waals surface area contributed by atoms with Crippen molar-refractivity contribution in [2.75, 3.05) is 20.8 Å². The normalized spacial score (nSPS) is 11.5. The van der Waals surface area contributed by atoms with Crippen LogP contribution in [-0.4, -0.2) is 43.5 Å². The number of hydrogen-bond donors (Lipinski definition) is 1. The molecular formula is C25H34N2O4. The molecular weight excluding hydrogens is 392 g/mol. The zero-order valence-corrected chi connectivity index (χ0v) is 19.0. The molecule has 2 aromatic rings. The van der Waals surface area contributed by atoms with E-state index in [0.29, 0.717) is 37.4 Å². The van der Waals surface area contributed by atoms with E-state index in [1.54, 1.807) is 26.0 Å². The predicted molar refractivity (Wildman–Crippen MR) is 122 cm³/mol. The average molecular weight is 427 g/mol. The van der Waals surface area contributed by atoms with E-state index in [9.17, 15) is 9.59 Å². The standard InChI is InChI=1S/C25H34N2O4/c1-5-6-16-26-25(29)19(2)27(18-21-10-8-7-9-11-21)24(28)15-13-20-12-14-22(30-3)23(17-20)31-4/h7-12,14,17,19H,5-6,13,15-16,18H2,1-4H3,(H,26,29)/t19-/m1/s1. The monoisotopic (exact) mass is 426 g/mol. The van der Waals surface area contributed by atoms with Gasteiger partial charge in [-0.3, -0.25) is 9.59 Å². The van der Waals surface area contributed by atoms with Crippen LogP contribution in [-0.2, 0) is 22.6 Å². The van der Waals surface area contributed by atoms with Crippen LogP contribution in [0.5, 0.6) is 11.5 Å². The smallest absolute Gasteiger partial charge is 0.242 e. The fraction of sp³-hybridized carbons (Fsp3) is 0.440. The lowest BCUT2D eigenvalue weighted by Gasteiger charge is -2.29. The van der Waals surface area contributed by atoms with Gasteiger partial charge in [-0.15, -0.1) is 0 Å². The Hall–Kier alpha value is -3.02. The molecule has 0 aliphatic carbocycles. The Kier molecular flexibility index (Phi) is 9.88. The average Bonchev–Trinajstić information content (AvgIpc) is 2.81. The topological polar surface area (TPSA) is 67.9 Å². The highest BCUT2D eigenvalue weighted by Gasteiger charge is 2.25. The second-order valence-corrected chi connectivity index (χ2v) is 7.52. The van der Waals surface area contributed by atoms with Crippen LogP contribution in [0.25, 0.3) is 0 Å². The second kappa shape index (κ2) is 12.6. The fourth-order valence-electron chi connectivity index (χ4n) is 3.33. The first kappa shape index (κ1) is 24.3. The molecule has 2 rings (SSSR count). The van der Waals surface area contributed by atoms with Crippen LogP contribution in [0.3, 0.4) is 0 Å². The van der Waals surface area contributed by atoms with Crippen LogP contribution in [0.15, 0.2) is 48.5 Å². The zero-order chi connectivity index (χ0) is 22.6. The summed E-state index contributed by atoms with van der Waals surface area (Å²) in [6.45, 7) is 4.89. The number of carbonyl (C=O) groups excluding carboxylic acids is 2. The summed E-state index contributed by atoms with van der Waals surface area (Å²) in [5.74, 6) is 1.11. The molecule has 0 spiro atoms. The van der Waals surface area contributed by atoms with E-state index in [2.05, 4.69) is 12.2 Å². The Bertz CT molecular complexity index is 839. The third-order valence-corrected chi connectivity index (χ3v) is 5.27. The Labute approximate surface area is 185 Å². The quantitative estimate of drug-likeness (QED) is 0.522. The summed E-state index contributed by atoms with van der Waals surface area (Å²) in [5.41, 5.74) is 1.97. The number of amides is 2. The number of hydrogen-bond acceptors (Lipinski definition) is 4. The molecule has 0 saturated carbocycles. The van der Waals surface area contributed by atoms with Gasteiger partial charge in [-0.25, -0.2) is 0 Å². The van der Waals surface area contributed by atoms with E-state index in [0.717, 1.165) is 24.0 Å². The number of carbonyl (C=O) groups is 2. The summed E-state index contributed by atoms with van der Waals surface area (Å²) in [6, 6.07) is 14.9. The van der Waals surface area contributed by atoms with Gasteiger partial charge in [0.15, 0.2) is 11.5 Å². The van der Waals surface area contributed by atoms with Crippen LogP contribution < -0.4 is 14.8 Å². The summed E-state index contributed by atoms with van der Waals surface area (Å²) in [7, 11) is 3.18. The van der Waals surface area contributed by atoms with Gasteiger partial charge in [-0.1, -0.05) is 49.7 Å². The molecule has 6 nitrogen and oxygen atoms in total. The van der Waals surface area contributed by atoms with E-state index < -0.39 is 6.04 Å². The minimum Gasteiger partial charge on any atom is -0.493 e. The molecule has 6 heteroatoms. The van der Waals surface area contributed by atoms with Gasteiger partial charge in [0.25, 0.3) is 0 Å². The minimum atomic E-state index is -0.546. The molecule has 0 aliphatic rings. The summed E-state index contributed by atoms with van der Waals surface area (Å²) >= 11 is 0. The van der Waals surface area contributed by atoms with E-state index in [4.69, 9.17) is 9.47 Å².